The summed E-state index contributed by atoms with van der Waals surface area (Å²) >= 11 is 1.44. The summed E-state index contributed by atoms with van der Waals surface area (Å²) in [5.41, 5.74) is 16.4. The van der Waals surface area contributed by atoms with Crippen molar-refractivity contribution in [3.05, 3.63) is 0 Å². The number of amides is 8. The van der Waals surface area contributed by atoms with E-state index in [9.17, 15) is 43.5 Å². The number of nitrogens with one attached hydrogen (secondary N) is 6. The third-order valence-corrected chi connectivity index (χ3v) is 11.2. The molecule has 1 saturated carbocycles. The van der Waals surface area contributed by atoms with Crippen molar-refractivity contribution in [2.75, 3.05) is 31.7 Å². The third-order valence-electron chi connectivity index (χ3n) is 10.6. The second-order valence-corrected chi connectivity index (χ2v) is 17.1. The first kappa shape index (κ1) is 51.5. The first-order chi connectivity index (χ1) is 28.4. The van der Waals surface area contributed by atoms with Gasteiger partial charge in [0.15, 0.2) is 5.96 Å². The van der Waals surface area contributed by atoms with E-state index in [0.717, 1.165) is 32.1 Å². The molecule has 1 aliphatic carbocycles. The standard InChI is InChI=1S/C39H69N11O9S/c1-22(2)19-28(32(40)53)48-36(57)30(21-51)49-37(58)31-14-10-17-50(31)38(59)27(15-18-60-5)47-33(54)23(3)44-34(55)26(13-9-16-43-39(41)42)46-35(56)29(45-24(4)52)20-25-11-7-6-8-12-25/h22-23,25-31,51H,6-21H2,1-5H3,(H2,40,53)(H,44,55)(H,45,52)(H,46,56)(H,47,54)(H,48,57)(H,49,58)(H4,41,42,43)/t23-,26-,27-,28-,29-,30-,31-/m0/s1. The Morgan fingerprint density at radius 3 is 1.93 bits per heavy atom. The summed E-state index contributed by atoms with van der Waals surface area (Å²) in [5, 5.41) is 25.8. The number of carbonyl (C=O) groups is 8. The van der Waals surface area contributed by atoms with Crippen molar-refractivity contribution in [2.24, 2.45) is 34.0 Å². The molecule has 7 atom stereocenters. The lowest BCUT2D eigenvalue weighted by Gasteiger charge is -2.30. The summed E-state index contributed by atoms with van der Waals surface area (Å²) in [5.74, 6) is -4.50. The minimum Gasteiger partial charge on any atom is -0.394 e. The summed E-state index contributed by atoms with van der Waals surface area (Å²) < 4.78 is 0. The van der Waals surface area contributed by atoms with Crippen LogP contribution in [-0.4, -0.2) is 137 Å². The van der Waals surface area contributed by atoms with Crippen molar-refractivity contribution in [3.8, 4) is 0 Å². The van der Waals surface area contributed by atoms with Crippen LogP contribution in [0.4, 0.5) is 0 Å². The number of nitrogens with two attached hydrogens (primary N) is 3. The average Bonchev–Trinajstić information content (AvgIpc) is 3.69. The van der Waals surface area contributed by atoms with E-state index in [1.165, 1.54) is 30.5 Å². The molecule has 1 heterocycles. The number of primary amides is 1. The van der Waals surface area contributed by atoms with Crippen LogP contribution in [0.25, 0.3) is 0 Å². The minimum atomic E-state index is -1.42. The molecule has 340 valence electrons. The molecule has 20 nitrogen and oxygen atoms in total. The van der Waals surface area contributed by atoms with Gasteiger partial charge >= 0.3 is 0 Å². The molecule has 0 aromatic rings. The molecular weight excluding hydrogens is 799 g/mol. The van der Waals surface area contributed by atoms with Gasteiger partial charge in [0.05, 0.1) is 6.61 Å². The average molecular weight is 868 g/mol. The number of aliphatic imine (C=N–C) groups is 1. The predicted octanol–water partition coefficient (Wildman–Crippen LogP) is -1.77. The smallest absolute Gasteiger partial charge is 0.245 e. The molecule has 0 radical (unpaired) electrons. The monoisotopic (exact) mass is 868 g/mol. The van der Waals surface area contributed by atoms with Crippen molar-refractivity contribution in [1.82, 2.24) is 36.8 Å². The maximum atomic E-state index is 14.0. The lowest BCUT2D eigenvalue weighted by atomic mass is 9.84. The Morgan fingerprint density at radius 1 is 0.733 bits per heavy atom. The molecule has 8 amide bonds. The van der Waals surface area contributed by atoms with Crippen LogP contribution in [-0.2, 0) is 38.4 Å². The van der Waals surface area contributed by atoms with E-state index >= 15 is 0 Å². The highest BCUT2D eigenvalue weighted by atomic mass is 32.2. The van der Waals surface area contributed by atoms with Crippen LogP contribution in [0.3, 0.4) is 0 Å². The Kier molecular flexibility index (Phi) is 22.8. The molecule has 2 aliphatic rings. The lowest BCUT2D eigenvalue weighted by molar-refractivity contribution is -0.142. The molecule has 21 heteroatoms. The minimum absolute atomic E-state index is 0.0185. The maximum Gasteiger partial charge on any atom is 0.245 e. The van der Waals surface area contributed by atoms with E-state index in [1.807, 2.05) is 20.1 Å². The highest BCUT2D eigenvalue weighted by molar-refractivity contribution is 7.98. The largest absolute Gasteiger partial charge is 0.394 e. The van der Waals surface area contributed by atoms with Gasteiger partial charge in [-0.15, -0.1) is 0 Å². The number of aliphatic hydroxyl groups is 1. The molecular formula is C39H69N11O9S. The first-order valence-electron chi connectivity index (χ1n) is 20.9. The van der Waals surface area contributed by atoms with Gasteiger partial charge in [0.25, 0.3) is 0 Å². The number of likely N-dealkylation sites (tertiary alicyclic amines) is 1. The van der Waals surface area contributed by atoms with Gasteiger partial charge in [0.2, 0.25) is 47.3 Å². The van der Waals surface area contributed by atoms with Gasteiger partial charge < -0.3 is 59.1 Å². The van der Waals surface area contributed by atoms with Crippen molar-refractivity contribution in [3.63, 3.8) is 0 Å². The number of aliphatic hydroxyl groups excluding tert-OH is 1. The van der Waals surface area contributed by atoms with Crippen LogP contribution in [0, 0.1) is 11.8 Å². The molecule has 2 fully saturated rings. The van der Waals surface area contributed by atoms with Crippen LogP contribution in [0.5, 0.6) is 0 Å². The molecule has 2 rings (SSSR count). The molecule has 0 spiro atoms. The van der Waals surface area contributed by atoms with E-state index in [4.69, 9.17) is 17.2 Å². The van der Waals surface area contributed by atoms with Crippen LogP contribution >= 0.6 is 11.8 Å². The number of carbonyl (C=O) groups excluding carboxylic acids is 8. The number of rotatable bonds is 25. The van der Waals surface area contributed by atoms with Gasteiger partial charge in [-0.1, -0.05) is 46.0 Å². The SMILES string of the molecule is CSCC[C@H](NC(=O)[C@H](C)NC(=O)[C@H](CCCN=C(N)N)NC(=O)[C@H](CC1CCCCC1)NC(C)=O)C(=O)N1CCC[C@H]1C(=O)N[C@@H](CO)C(=O)N[C@@H](CC(C)C)C(N)=O. The van der Waals surface area contributed by atoms with Crippen molar-refractivity contribution >= 4 is 65.0 Å². The fourth-order valence-electron chi connectivity index (χ4n) is 7.40. The zero-order valence-electron chi connectivity index (χ0n) is 35.8. The summed E-state index contributed by atoms with van der Waals surface area (Å²) in [7, 11) is 0. The molecule has 1 aliphatic heterocycles. The Labute approximate surface area is 357 Å². The number of hydrogen-bond acceptors (Lipinski definition) is 11. The Bertz CT molecular complexity index is 1510. The summed E-state index contributed by atoms with van der Waals surface area (Å²) in [6, 6.07) is -7.70. The highest BCUT2D eigenvalue weighted by Gasteiger charge is 2.40. The predicted molar refractivity (Wildman–Crippen MR) is 228 cm³/mol. The Morgan fingerprint density at radius 2 is 1.35 bits per heavy atom. The third kappa shape index (κ3) is 17.9. The molecule has 0 aromatic carbocycles. The fourth-order valence-corrected chi connectivity index (χ4v) is 7.87. The zero-order chi connectivity index (χ0) is 44.9. The van der Waals surface area contributed by atoms with Gasteiger partial charge in [-0.2, -0.15) is 11.8 Å². The molecule has 0 aromatic heterocycles. The zero-order valence-corrected chi connectivity index (χ0v) is 36.6. The quantitative estimate of drug-likeness (QED) is 0.0277. The van der Waals surface area contributed by atoms with Crippen LogP contribution in [0.1, 0.15) is 105 Å². The Hall–Kier alpha value is -4.66. The topological polar surface area (TPSA) is 323 Å². The highest BCUT2D eigenvalue weighted by Crippen LogP contribution is 2.27. The van der Waals surface area contributed by atoms with E-state index in [0.29, 0.717) is 25.0 Å². The summed E-state index contributed by atoms with van der Waals surface area (Å²) in [4.78, 5) is 111. The normalized spacial score (nSPS) is 18.4. The van der Waals surface area contributed by atoms with Gasteiger partial charge in [-0.05, 0) is 75.7 Å². The number of thioether (sulfide) groups is 1. The van der Waals surface area contributed by atoms with E-state index < -0.39 is 90.3 Å². The number of nitrogens with zero attached hydrogens (tertiary/aromatic N) is 2. The van der Waals surface area contributed by atoms with Crippen LogP contribution in [0.2, 0.25) is 0 Å². The summed E-state index contributed by atoms with van der Waals surface area (Å²) in [6.07, 6.45) is 8.88. The lowest BCUT2D eigenvalue weighted by Crippen LogP contribution is -2.60. The molecule has 1 saturated heterocycles. The van der Waals surface area contributed by atoms with E-state index in [2.05, 4.69) is 36.9 Å². The second kappa shape index (κ2) is 26.5. The maximum absolute atomic E-state index is 14.0. The van der Waals surface area contributed by atoms with Crippen LogP contribution in [0.15, 0.2) is 4.99 Å². The van der Waals surface area contributed by atoms with Crippen molar-refractivity contribution in [1.29, 1.82) is 0 Å². The molecule has 13 N–H and O–H groups in total. The van der Waals surface area contributed by atoms with Crippen molar-refractivity contribution < 1.29 is 43.5 Å². The number of hydrogen-bond donors (Lipinski definition) is 10. The molecule has 0 unspecified atom stereocenters. The summed E-state index contributed by atoms with van der Waals surface area (Å²) in [6.45, 7) is 6.01. The Balaban J connectivity index is 2.18. The second-order valence-electron chi connectivity index (χ2n) is 16.1. The van der Waals surface area contributed by atoms with Gasteiger partial charge in [-0.25, -0.2) is 0 Å². The van der Waals surface area contributed by atoms with Gasteiger partial charge in [-0.3, -0.25) is 43.3 Å². The van der Waals surface area contributed by atoms with E-state index in [-0.39, 0.29) is 62.5 Å². The molecule has 60 heavy (non-hydrogen) atoms. The van der Waals surface area contributed by atoms with Gasteiger partial charge in [0, 0.05) is 20.0 Å². The van der Waals surface area contributed by atoms with Crippen molar-refractivity contribution in [2.45, 2.75) is 147 Å². The fraction of sp³-hybridized carbons (Fsp3) is 0.769. The van der Waals surface area contributed by atoms with Crippen LogP contribution < -0.4 is 49.1 Å². The first-order valence-corrected chi connectivity index (χ1v) is 22.3. The van der Waals surface area contributed by atoms with Gasteiger partial charge in [0.1, 0.15) is 42.3 Å². The number of guanidine groups is 1. The molecule has 0 bridgehead atoms. The van der Waals surface area contributed by atoms with E-state index in [1.54, 1.807) is 0 Å².